The SMILES string of the molecule is CC1(C(CC(=O)O)C(F)(F)F)CC1. The van der Waals surface area contributed by atoms with Gasteiger partial charge in [-0.3, -0.25) is 4.79 Å². The monoisotopic (exact) mass is 196 g/mol. The largest absolute Gasteiger partial charge is 0.481 e. The Morgan fingerprint density at radius 3 is 2.23 bits per heavy atom. The van der Waals surface area contributed by atoms with Crippen LogP contribution in [0.2, 0.25) is 0 Å². The summed E-state index contributed by atoms with van der Waals surface area (Å²) >= 11 is 0. The van der Waals surface area contributed by atoms with Gasteiger partial charge in [-0.1, -0.05) is 6.92 Å². The Balaban J connectivity index is 2.71. The van der Waals surface area contributed by atoms with Crippen molar-refractivity contribution in [3.63, 3.8) is 0 Å². The maximum absolute atomic E-state index is 12.4. The molecule has 76 valence electrons. The van der Waals surface area contributed by atoms with E-state index >= 15 is 0 Å². The van der Waals surface area contributed by atoms with Crippen molar-refractivity contribution in [1.82, 2.24) is 0 Å². The average Bonchev–Trinajstić information content (AvgIpc) is 2.61. The molecule has 0 spiro atoms. The third-order valence-corrected chi connectivity index (χ3v) is 2.65. The fourth-order valence-corrected chi connectivity index (χ4v) is 1.48. The van der Waals surface area contributed by atoms with Crippen LogP contribution in [0.25, 0.3) is 0 Å². The first-order valence-electron chi connectivity index (χ1n) is 4.04. The number of rotatable bonds is 3. The lowest BCUT2D eigenvalue weighted by atomic mass is 9.87. The predicted octanol–water partition coefficient (Wildman–Crippen LogP) is 2.44. The number of aliphatic carboxylic acids is 1. The van der Waals surface area contributed by atoms with Crippen molar-refractivity contribution in [2.75, 3.05) is 0 Å². The third-order valence-electron chi connectivity index (χ3n) is 2.65. The molecule has 1 fully saturated rings. The third kappa shape index (κ3) is 2.35. The Morgan fingerprint density at radius 1 is 1.54 bits per heavy atom. The predicted molar refractivity (Wildman–Crippen MR) is 39.1 cm³/mol. The summed E-state index contributed by atoms with van der Waals surface area (Å²) in [5, 5.41) is 8.34. The van der Waals surface area contributed by atoms with Crippen LogP contribution >= 0.6 is 0 Å². The molecule has 1 aliphatic carbocycles. The van der Waals surface area contributed by atoms with E-state index in [-0.39, 0.29) is 0 Å². The van der Waals surface area contributed by atoms with Gasteiger partial charge in [0.2, 0.25) is 0 Å². The number of halogens is 3. The van der Waals surface area contributed by atoms with Gasteiger partial charge in [-0.05, 0) is 18.3 Å². The summed E-state index contributed by atoms with van der Waals surface area (Å²) in [5.41, 5.74) is -0.823. The van der Waals surface area contributed by atoms with Gasteiger partial charge in [0.15, 0.2) is 0 Å². The van der Waals surface area contributed by atoms with Crippen LogP contribution in [0.15, 0.2) is 0 Å². The molecule has 0 aromatic heterocycles. The highest BCUT2D eigenvalue weighted by atomic mass is 19.4. The lowest BCUT2D eigenvalue weighted by Gasteiger charge is -2.24. The second kappa shape index (κ2) is 2.89. The summed E-state index contributed by atoms with van der Waals surface area (Å²) in [5.74, 6) is -3.06. The molecule has 13 heavy (non-hydrogen) atoms. The molecular weight excluding hydrogens is 185 g/mol. The summed E-state index contributed by atoms with van der Waals surface area (Å²) < 4.78 is 37.1. The molecule has 0 aromatic rings. The van der Waals surface area contributed by atoms with Crippen LogP contribution in [0, 0.1) is 11.3 Å². The fourth-order valence-electron chi connectivity index (χ4n) is 1.48. The maximum atomic E-state index is 12.4. The number of carbonyl (C=O) groups is 1. The minimum absolute atomic E-state index is 0.477. The van der Waals surface area contributed by atoms with E-state index in [1.54, 1.807) is 0 Å². The van der Waals surface area contributed by atoms with Crippen molar-refractivity contribution in [1.29, 1.82) is 0 Å². The second-order valence-electron chi connectivity index (χ2n) is 3.85. The quantitative estimate of drug-likeness (QED) is 0.752. The van der Waals surface area contributed by atoms with Gasteiger partial charge in [-0.2, -0.15) is 13.2 Å². The summed E-state index contributed by atoms with van der Waals surface area (Å²) in [4.78, 5) is 10.2. The van der Waals surface area contributed by atoms with Gasteiger partial charge < -0.3 is 5.11 Å². The standard InChI is InChI=1S/C8H11F3O2/c1-7(2-3-7)5(4-6(12)13)8(9,10)11/h5H,2-4H2,1H3,(H,12,13). The number of carboxylic acid groups (broad SMARTS) is 1. The normalized spacial score (nSPS) is 22.5. The van der Waals surface area contributed by atoms with Crippen LogP contribution in [0.4, 0.5) is 13.2 Å². The zero-order valence-electron chi connectivity index (χ0n) is 7.19. The lowest BCUT2D eigenvalue weighted by Crippen LogP contribution is -2.32. The smallest absolute Gasteiger partial charge is 0.392 e. The summed E-state index contributed by atoms with van der Waals surface area (Å²) in [6.07, 6.45) is -4.24. The molecule has 2 nitrogen and oxygen atoms in total. The maximum Gasteiger partial charge on any atom is 0.392 e. The van der Waals surface area contributed by atoms with Crippen molar-refractivity contribution in [3.8, 4) is 0 Å². The number of hydrogen-bond donors (Lipinski definition) is 1. The Bertz CT molecular complexity index is 213. The Labute approximate surface area is 73.7 Å². The van der Waals surface area contributed by atoms with Gasteiger partial charge in [-0.15, -0.1) is 0 Å². The molecule has 1 rings (SSSR count). The van der Waals surface area contributed by atoms with Crippen LogP contribution in [0.3, 0.4) is 0 Å². The lowest BCUT2D eigenvalue weighted by molar-refractivity contribution is -0.198. The Morgan fingerprint density at radius 2 is 2.00 bits per heavy atom. The molecule has 0 aromatic carbocycles. The van der Waals surface area contributed by atoms with Crippen LogP contribution in [0.1, 0.15) is 26.2 Å². The van der Waals surface area contributed by atoms with E-state index < -0.39 is 29.9 Å². The zero-order valence-corrected chi connectivity index (χ0v) is 7.19. The van der Waals surface area contributed by atoms with Crippen molar-refractivity contribution in [2.45, 2.75) is 32.4 Å². The number of alkyl halides is 3. The van der Waals surface area contributed by atoms with Gasteiger partial charge in [0.25, 0.3) is 0 Å². The highest BCUT2D eigenvalue weighted by molar-refractivity contribution is 5.67. The molecule has 0 amide bonds. The summed E-state index contributed by atoms with van der Waals surface area (Å²) in [6.45, 7) is 1.49. The Kier molecular flexibility index (Phi) is 2.30. The van der Waals surface area contributed by atoms with Crippen LogP contribution in [-0.2, 0) is 4.79 Å². The molecule has 0 saturated heterocycles. The van der Waals surface area contributed by atoms with E-state index in [0.717, 1.165) is 0 Å². The molecule has 0 radical (unpaired) electrons. The molecule has 5 heteroatoms. The van der Waals surface area contributed by atoms with Crippen LogP contribution in [0.5, 0.6) is 0 Å². The molecular formula is C8H11F3O2. The number of hydrogen-bond acceptors (Lipinski definition) is 1. The van der Waals surface area contributed by atoms with Crippen molar-refractivity contribution in [3.05, 3.63) is 0 Å². The minimum atomic E-state index is -4.39. The van der Waals surface area contributed by atoms with Crippen molar-refractivity contribution in [2.24, 2.45) is 11.3 Å². The minimum Gasteiger partial charge on any atom is -0.481 e. The molecule has 1 saturated carbocycles. The second-order valence-corrected chi connectivity index (χ2v) is 3.85. The molecule has 0 heterocycles. The van der Waals surface area contributed by atoms with Crippen LogP contribution < -0.4 is 0 Å². The van der Waals surface area contributed by atoms with Gasteiger partial charge in [0, 0.05) is 0 Å². The molecule has 0 bridgehead atoms. The van der Waals surface area contributed by atoms with E-state index in [1.165, 1.54) is 6.92 Å². The molecule has 0 aliphatic heterocycles. The van der Waals surface area contributed by atoms with E-state index in [9.17, 15) is 18.0 Å². The van der Waals surface area contributed by atoms with Gasteiger partial charge in [0.1, 0.15) is 0 Å². The highest BCUT2D eigenvalue weighted by Gasteiger charge is 2.57. The first-order valence-corrected chi connectivity index (χ1v) is 4.04. The molecule has 1 atom stereocenters. The molecule has 1 unspecified atom stereocenters. The first kappa shape index (κ1) is 10.3. The fraction of sp³-hybridized carbons (Fsp3) is 0.875. The highest BCUT2D eigenvalue weighted by Crippen LogP contribution is 2.57. The van der Waals surface area contributed by atoms with E-state index in [4.69, 9.17) is 5.11 Å². The topological polar surface area (TPSA) is 37.3 Å². The van der Waals surface area contributed by atoms with Gasteiger partial charge >= 0.3 is 12.1 Å². The summed E-state index contributed by atoms with van der Waals surface area (Å²) in [7, 11) is 0. The van der Waals surface area contributed by atoms with E-state index in [1.807, 2.05) is 0 Å². The van der Waals surface area contributed by atoms with Gasteiger partial charge in [0.05, 0.1) is 12.3 Å². The molecule has 1 N–H and O–H groups in total. The zero-order chi connectivity index (χ0) is 10.3. The van der Waals surface area contributed by atoms with Crippen LogP contribution in [-0.4, -0.2) is 17.3 Å². The number of carboxylic acids is 1. The average molecular weight is 196 g/mol. The first-order chi connectivity index (χ1) is 5.76. The van der Waals surface area contributed by atoms with E-state index in [0.29, 0.717) is 12.8 Å². The molecule has 1 aliphatic rings. The van der Waals surface area contributed by atoms with Gasteiger partial charge in [-0.25, -0.2) is 0 Å². The summed E-state index contributed by atoms with van der Waals surface area (Å²) in [6, 6.07) is 0. The Hall–Kier alpha value is -0.740. The van der Waals surface area contributed by atoms with Crippen molar-refractivity contribution < 1.29 is 23.1 Å². The van der Waals surface area contributed by atoms with Crippen molar-refractivity contribution >= 4 is 5.97 Å². The van der Waals surface area contributed by atoms with E-state index in [2.05, 4.69) is 0 Å².